The van der Waals surface area contributed by atoms with Gasteiger partial charge in [-0.3, -0.25) is 4.79 Å². The zero-order valence-corrected chi connectivity index (χ0v) is 19.1. The van der Waals surface area contributed by atoms with Gasteiger partial charge in [0.25, 0.3) is 0 Å². The lowest BCUT2D eigenvalue weighted by Crippen LogP contribution is -2.16. The van der Waals surface area contributed by atoms with Gasteiger partial charge in [-0.1, -0.05) is 44.7 Å². The summed E-state index contributed by atoms with van der Waals surface area (Å²) in [6.45, 7) is 7.14. The molecule has 0 spiro atoms. The first-order chi connectivity index (χ1) is 15.4. The van der Waals surface area contributed by atoms with Gasteiger partial charge in [0.1, 0.15) is 24.0 Å². The van der Waals surface area contributed by atoms with E-state index in [0.717, 1.165) is 30.4 Å². The minimum atomic E-state index is -0.695. The van der Waals surface area contributed by atoms with Gasteiger partial charge in [-0.2, -0.15) is 0 Å². The molecule has 0 saturated carbocycles. The number of hydrogen-bond acceptors (Lipinski definition) is 5. The van der Waals surface area contributed by atoms with Gasteiger partial charge in [0.15, 0.2) is 11.0 Å². The maximum atomic E-state index is 13.7. The molecule has 3 aromatic rings. The highest BCUT2D eigenvalue weighted by Gasteiger charge is 2.17. The third-order valence-corrected chi connectivity index (χ3v) is 5.54. The predicted molar refractivity (Wildman–Crippen MR) is 121 cm³/mol. The van der Waals surface area contributed by atoms with Crippen molar-refractivity contribution in [1.82, 2.24) is 14.8 Å². The summed E-state index contributed by atoms with van der Waals surface area (Å²) >= 11 is 1.18. The van der Waals surface area contributed by atoms with Crippen LogP contribution in [0.15, 0.2) is 47.6 Å². The molecule has 1 heterocycles. The molecule has 0 radical (unpaired) electrons. The number of aryl methyl sites for hydroxylation is 1. The maximum Gasteiger partial charge on any atom is 0.234 e. The normalized spacial score (nSPS) is 11.1. The molecule has 3 rings (SSSR count). The summed E-state index contributed by atoms with van der Waals surface area (Å²) in [5.74, 6) is -0.0926. The van der Waals surface area contributed by atoms with E-state index >= 15 is 0 Å². The third kappa shape index (κ3) is 6.53. The summed E-state index contributed by atoms with van der Waals surface area (Å²) in [7, 11) is 0. The van der Waals surface area contributed by atoms with E-state index in [4.69, 9.17) is 4.74 Å². The Hall–Kier alpha value is -2.94. The van der Waals surface area contributed by atoms with Crippen molar-refractivity contribution in [3.8, 4) is 5.75 Å². The van der Waals surface area contributed by atoms with Crippen molar-refractivity contribution in [2.75, 3.05) is 11.1 Å². The summed E-state index contributed by atoms with van der Waals surface area (Å²) in [4.78, 5) is 12.2. The Morgan fingerprint density at radius 2 is 1.91 bits per heavy atom. The van der Waals surface area contributed by atoms with Crippen molar-refractivity contribution in [3.63, 3.8) is 0 Å². The average molecular weight is 461 g/mol. The van der Waals surface area contributed by atoms with Gasteiger partial charge in [0, 0.05) is 12.6 Å². The molecule has 0 fully saturated rings. The Bertz CT molecular complexity index is 1050. The summed E-state index contributed by atoms with van der Waals surface area (Å²) in [6.07, 6.45) is 0.961. The van der Waals surface area contributed by atoms with Gasteiger partial charge in [-0.15, -0.1) is 10.2 Å². The highest BCUT2D eigenvalue weighted by Crippen LogP contribution is 2.22. The van der Waals surface area contributed by atoms with E-state index in [-0.39, 0.29) is 18.0 Å². The van der Waals surface area contributed by atoms with E-state index in [9.17, 15) is 13.6 Å². The summed E-state index contributed by atoms with van der Waals surface area (Å²) < 4.78 is 34.8. The number of nitrogens with zero attached hydrogens (tertiary/aromatic N) is 3. The number of ether oxygens (including phenoxy) is 1. The molecule has 0 unspecified atom stereocenters. The van der Waals surface area contributed by atoms with Gasteiger partial charge in [0.05, 0.1) is 11.4 Å². The monoisotopic (exact) mass is 460 g/mol. The Kier molecular flexibility index (Phi) is 8.21. The van der Waals surface area contributed by atoms with Gasteiger partial charge in [0.2, 0.25) is 5.91 Å². The zero-order valence-electron chi connectivity index (χ0n) is 18.3. The van der Waals surface area contributed by atoms with Crippen LogP contribution in [-0.2, 0) is 24.4 Å². The standard InChI is InChI=1S/C23H26F2N4O2S/c1-4-16-5-8-18(9-6-16)31-13-21-27-28-23(29(21)12-15(2)3)32-14-22(30)26-20-11-17(24)7-10-19(20)25/h5-11,15H,4,12-14H2,1-3H3,(H,26,30). The predicted octanol–water partition coefficient (Wildman–Crippen LogP) is 5.08. The summed E-state index contributed by atoms with van der Waals surface area (Å²) in [5.41, 5.74) is 1.04. The zero-order chi connectivity index (χ0) is 23.1. The van der Waals surface area contributed by atoms with E-state index in [0.29, 0.717) is 23.4 Å². The molecule has 170 valence electrons. The van der Waals surface area contributed by atoms with E-state index in [2.05, 4.69) is 36.3 Å². The topological polar surface area (TPSA) is 69.0 Å². The number of halogens is 2. The molecule has 0 aliphatic carbocycles. The number of amides is 1. The number of nitrogens with one attached hydrogen (secondary N) is 1. The van der Waals surface area contributed by atoms with Crippen LogP contribution in [0.25, 0.3) is 0 Å². The van der Waals surface area contributed by atoms with Crippen LogP contribution in [0.1, 0.15) is 32.2 Å². The van der Waals surface area contributed by atoms with Crippen LogP contribution in [0.5, 0.6) is 5.75 Å². The average Bonchev–Trinajstić information content (AvgIpc) is 3.14. The molecular formula is C23H26F2N4O2S. The number of carbonyl (C=O) groups excluding carboxylic acids is 1. The first-order valence-corrected chi connectivity index (χ1v) is 11.4. The summed E-state index contributed by atoms with van der Waals surface area (Å²) in [5, 5.41) is 11.4. The molecule has 0 saturated heterocycles. The van der Waals surface area contributed by atoms with Crippen molar-refractivity contribution >= 4 is 23.4 Å². The Morgan fingerprint density at radius 1 is 1.16 bits per heavy atom. The first kappa shape index (κ1) is 23.7. The van der Waals surface area contributed by atoms with Crippen molar-refractivity contribution in [3.05, 3.63) is 65.5 Å². The number of benzene rings is 2. The molecule has 32 heavy (non-hydrogen) atoms. The lowest BCUT2D eigenvalue weighted by molar-refractivity contribution is -0.113. The smallest absolute Gasteiger partial charge is 0.234 e. The van der Waals surface area contributed by atoms with Crippen LogP contribution in [-0.4, -0.2) is 26.4 Å². The Balaban J connectivity index is 1.64. The fraction of sp³-hybridized carbons (Fsp3) is 0.348. The SMILES string of the molecule is CCc1ccc(OCc2nnc(SCC(=O)Nc3cc(F)ccc3F)n2CC(C)C)cc1. The second kappa shape index (κ2) is 11.1. The molecule has 6 nitrogen and oxygen atoms in total. The van der Waals surface area contributed by atoms with E-state index in [1.807, 2.05) is 28.8 Å². The second-order valence-corrected chi connectivity index (χ2v) is 8.59. The van der Waals surface area contributed by atoms with Crippen LogP contribution in [0.4, 0.5) is 14.5 Å². The molecule has 1 N–H and O–H groups in total. The largest absolute Gasteiger partial charge is 0.486 e. The molecule has 0 aliphatic heterocycles. The number of hydrogen-bond donors (Lipinski definition) is 1. The number of anilines is 1. The minimum Gasteiger partial charge on any atom is -0.486 e. The first-order valence-electron chi connectivity index (χ1n) is 10.4. The van der Waals surface area contributed by atoms with Crippen LogP contribution in [0.3, 0.4) is 0 Å². The molecule has 1 aromatic heterocycles. The number of thioether (sulfide) groups is 1. The lowest BCUT2D eigenvalue weighted by Gasteiger charge is -2.13. The third-order valence-electron chi connectivity index (χ3n) is 4.58. The van der Waals surface area contributed by atoms with Crippen molar-refractivity contribution in [1.29, 1.82) is 0 Å². The van der Waals surface area contributed by atoms with Crippen LogP contribution >= 0.6 is 11.8 Å². The van der Waals surface area contributed by atoms with E-state index < -0.39 is 17.5 Å². The van der Waals surface area contributed by atoms with E-state index in [1.165, 1.54) is 17.3 Å². The van der Waals surface area contributed by atoms with E-state index in [1.54, 1.807) is 0 Å². The maximum absolute atomic E-state index is 13.7. The Labute approximate surface area is 190 Å². The van der Waals surface area contributed by atoms with Crippen molar-refractivity contribution in [2.24, 2.45) is 5.92 Å². The number of carbonyl (C=O) groups is 1. The molecule has 1 amide bonds. The van der Waals surface area contributed by atoms with Gasteiger partial charge in [-0.05, 0) is 42.2 Å². The van der Waals surface area contributed by atoms with Crippen molar-refractivity contribution in [2.45, 2.75) is 45.5 Å². The highest BCUT2D eigenvalue weighted by molar-refractivity contribution is 7.99. The van der Waals surface area contributed by atoms with Gasteiger partial charge in [-0.25, -0.2) is 8.78 Å². The minimum absolute atomic E-state index is 0.0223. The fourth-order valence-electron chi connectivity index (χ4n) is 2.96. The molecule has 0 aliphatic rings. The molecular weight excluding hydrogens is 434 g/mol. The van der Waals surface area contributed by atoms with Crippen LogP contribution in [0.2, 0.25) is 0 Å². The van der Waals surface area contributed by atoms with Crippen LogP contribution in [0, 0.1) is 17.6 Å². The van der Waals surface area contributed by atoms with Gasteiger partial charge < -0.3 is 14.6 Å². The molecule has 0 bridgehead atoms. The lowest BCUT2D eigenvalue weighted by atomic mass is 10.2. The second-order valence-electron chi connectivity index (χ2n) is 7.65. The quantitative estimate of drug-likeness (QED) is 0.427. The molecule has 0 atom stereocenters. The summed E-state index contributed by atoms with van der Waals surface area (Å²) in [6, 6.07) is 10.8. The Morgan fingerprint density at radius 3 is 2.59 bits per heavy atom. The number of aromatic nitrogens is 3. The van der Waals surface area contributed by atoms with Gasteiger partial charge >= 0.3 is 0 Å². The van der Waals surface area contributed by atoms with Crippen LogP contribution < -0.4 is 10.1 Å². The van der Waals surface area contributed by atoms with Crippen molar-refractivity contribution < 1.29 is 18.3 Å². The highest BCUT2D eigenvalue weighted by atomic mass is 32.2. The number of rotatable bonds is 10. The molecule has 2 aromatic carbocycles. The fourth-order valence-corrected chi connectivity index (χ4v) is 3.73. The molecule has 9 heteroatoms.